The second-order valence-corrected chi connectivity index (χ2v) is 3.19. The maximum absolute atomic E-state index is 5.55. The summed E-state index contributed by atoms with van der Waals surface area (Å²) in [6, 6.07) is 0. The molecule has 0 aromatic heterocycles. The molecule has 0 saturated carbocycles. The molecule has 1 fully saturated rings. The van der Waals surface area contributed by atoms with E-state index in [0.717, 1.165) is 39.3 Å². The van der Waals surface area contributed by atoms with Gasteiger partial charge in [-0.15, -0.1) is 0 Å². The van der Waals surface area contributed by atoms with Gasteiger partial charge >= 0.3 is 0 Å². The van der Waals surface area contributed by atoms with Gasteiger partial charge < -0.3 is 9.47 Å². The predicted octanol–water partition coefficient (Wildman–Crippen LogP) is 0.744. The van der Waals surface area contributed by atoms with Gasteiger partial charge in [0, 0.05) is 26.7 Å². The number of morpholine rings is 1. The van der Waals surface area contributed by atoms with Crippen molar-refractivity contribution >= 4 is 0 Å². The van der Waals surface area contributed by atoms with Crippen molar-refractivity contribution in [3.8, 4) is 0 Å². The third kappa shape index (κ3) is 3.09. The SMILES string of the molecule is CCC1CN(CCOC)CCO1. The Morgan fingerprint density at radius 2 is 2.42 bits per heavy atom. The Balaban J connectivity index is 2.16. The molecule has 1 aliphatic rings. The summed E-state index contributed by atoms with van der Waals surface area (Å²) in [5.74, 6) is 0. The number of methoxy groups -OCH3 is 1. The Morgan fingerprint density at radius 3 is 3.08 bits per heavy atom. The molecule has 0 N–H and O–H groups in total. The number of ether oxygens (including phenoxy) is 2. The maximum atomic E-state index is 5.55. The van der Waals surface area contributed by atoms with E-state index < -0.39 is 0 Å². The summed E-state index contributed by atoms with van der Waals surface area (Å²) in [4.78, 5) is 2.40. The normalized spacial score (nSPS) is 26.0. The Hall–Kier alpha value is -0.120. The van der Waals surface area contributed by atoms with E-state index in [9.17, 15) is 0 Å². The third-order valence-electron chi connectivity index (χ3n) is 2.29. The van der Waals surface area contributed by atoms with E-state index in [1.54, 1.807) is 7.11 Å². The average Bonchev–Trinajstić information content (AvgIpc) is 2.15. The summed E-state index contributed by atoms with van der Waals surface area (Å²) in [7, 11) is 1.75. The van der Waals surface area contributed by atoms with Gasteiger partial charge in [-0.2, -0.15) is 0 Å². The predicted molar refractivity (Wildman–Crippen MR) is 48.3 cm³/mol. The Morgan fingerprint density at radius 1 is 1.58 bits per heavy atom. The summed E-state index contributed by atoms with van der Waals surface area (Å²) < 4.78 is 10.6. The second-order valence-electron chi connectivity index (χ2n) is 3.19. The first-order chi connectivity index (χ1) is 5.86. The Kier molecular flexibility index (Phi) is 4.58. The average molecular weight is 173 g/mol. The van der Waals surface area contributed by atoms with Crippen molar-refractivity contribution < 1.29 is 9.47 Å². The van der Waals surface area contributed by atoms with Crippen LogP contribution < -0.4 is 0 Å². The van der Waals surface area contributed by atoms with Crippen molar-refractivity contribution in [2.45, 2.75) is 19.4 Å². The van der Waals surface area contributed by atoms with E-state index in [1.807, 2.05) is 0 Å². The van der Waals surface area contributed by atoms with Crippen LogP contribution in [0.3, 0.4) is 0 Å². The zero-order valence-corrected chi connectivity index (χ0v) is 8.08. The highest BCUT2D eigenvalue weighted by Gasteiger charge is 2.17. The van der Waals surface area contributed by atoms with Crippen LogP contribution in [0.25, 0.3) is 0 Å². The molecular weight excluding hydrogens is 154 g/mol. The van der Waals surface area contributed by atoms with Crippen LogP contribution in [-0.2, 0) is 9.47 Å². The van der Waals surface area contributed by atoms with Gasteiger partial charge in [0.05, 0.1) is 19.3 Å². The quantitative estimate of drug-likeness (QED) is 0.626. The topological polar surface area (TPSA) is 21.7 Å². The molecule has 1 unspecified atom stereocenters. The van der Waals surface area contributed by atoms with Gasteiger partial charge in [-0.1, -0.05) is 6.92 Å². The number of hydrogen-bond acceptors (Lipinski definition) is 3. The van der Waals surface area contributed by atoms with Gasteiger partial charge in [0.15, 0.2) is 0 Å². The summed E-state index contributed by atoms with van der Waals surface area (Å²) in [5, 5.41) is 0. The number of nitrogens with zero attached hydrogens (tertiary/aromatic N) is 1. The van der Waals surface area contributed by atoms with Gasteiger partial charge in [0.25, 0.3) is 0 Å². The van der Waals surface area contributed by atoms with Crippen LogP contribution in [0.1, 0.15) is 13.3 Å². The van der Waals surface area contributed by atoms with Crippen LogP contribution in [0.5, 0.6) is 0 Å². The molecule has 72 valence electrons. The lowest BCUT2D eigenvalue weighted by atomic mass is 10.2. The van der Waals surface area contributed by atoms with Crippen molar-refractivity contribution in [3.63, 3.8) is 0 Å². The first kappa shape index (κ1) is 9.96. The summed E-state index contributed by atoms with van der Waals surface area (Å²) in [6.45, 7) is 7.04. The fraction of sp³-hybridized carbons (Fsp3) is 1.00. The molecule has 1 saturated heterocycles. The van der Waals surface area contributed by atoms with E-state index >= 15 is 0 Å². The van der Waals surface area contributed by atoms with Crippen molar-refractivity contribution in [1.82, 2.24) is 4.90 Å². The molecule has 0 bridgehead atoms. The highest BCUT2D eigenvalue weighted by atomic mass is 16.5. The van der Waals surface area contributed by atoms with Crippen LogP contribution in [0, 0.1) is 0 Å². The van der Waals surface area contributed by atoms with E-state index in [1.165, 1.54) is 0 Å². The minimum Gasteiger partial charge on any atom is -0.383 e. The molecule has 1 rings (SSSR count). The second kappa shape index (κ2) is 5.51. The van der Waals surface area contributed by atoms with E-state index in [0.29, 0.717) is 6.10 Å². The van der Waals surface area contributed by atoms with Gasteiger partial charge in [0.2, 0.25) is 0 Å². The van der Waals surface area contributed by atoms with Crippen LogP contribution in [0.2, 0.25) is 0 Å². The molecule has 0 aromatic carbocycles. The minimum atomic E-state index is 0.440. The molecule has 1 aliphatic heterocycles. The number of hydrogen-bond donors (Lipinski definition) is 0. The molecule has 3 nitrogen and oxygen atoms in total. The van der Waals surface area contributed by atoms with Crippen molar-refractivity contribution in [1.29, 1.82) is 0 Å². The molecule has 0 aromatic rings. The zero-order chi connectivity index (χ0) is 8.81. The zero-order valence-electron chi connectivity index (χ0n) is 8.08. The molecule has 0 amide bonds. The van der Waals surface area contributed by atoms with Crippen LogP contribution in [0.15, 0.2) is 0 Å². The smallest absolute Gasteiger partial charge is 0.0700 e. The highest BCUT2D eigenvalue weighted by Crippen LogP contribution is 2.07. The first-order valence-corrected chi connectivity index (χ1v) is 4.69. The summed E-state index contributed by atoms with van der Waals surface area (Å²) in [5.41, 5.74) is 0. The molecule has 12 heavy (non-hydrogen) atoms. The molecule has 0 radical (unpaired) electrons. The molecule has 0 aliphatic carbocycles. The lowest BCUT2D eigenvalue weighted by molar-refractivity contribution is -0.0351. The molecule has 3 heteroatoms. The van der Waals surface area contributed by atoms with Crippen molar-refractivity contribution in [2.75, 3.05) is 40.0 Å². The molecular formula is C9H19NO2. The van der Waals surface area contributed by atoms with E-state index in [2.05, 4.69) is 11.8 Å². The standard InChI is InChI=1S/C9H19NO2/c1-3-9-8-10(4-6-11-2)5-7-12-9/h9H,3-8H2,1-2H3. The third-order valence-corrected chi connectivity index (χ3v) is 2.29. The number of rotatable bonds is 4. The van der Waals surface area contributed by atoms with E-state index in [-0.39, 0.29) is 0 Å². The van der Waals surface area contributed by atoms with Gasteiger partial charge in [-0.3, -0.25) is 4.90 Å². The maximum Gasteiger partial charge on any atom is 0.0700 e. The molecule has 0 spiro atoms. The monoisotopic (exact) mass is 173 g/mol. The summed E-state index contributed by atoms with van der Waals surface area (Å²) in [6.07, 6.45) is 1.55. The van der Waals surface area contributed by atoms with Crippen LogP contribution in [0.4, 0.5) is 0 Å². The van der Waals surface area contributed by atoms with Gasteiger partial charge in [-0.05, 0) is 6.42 Å². The first-order valence-electron chi connectivity index (χ1n) is 4.69. The lowest BCUT2D eigenvalue weighted by Crippen LogP contribution is -2.43. The fourth-order valence-corrected chi connectivity index (χ4v) is 1.45. The summed E-state index contributed by atoms with van der Waals surface area (Å²) >= 11 is 0. The van der Waals surface area contributed by atoms with Crippen molar-refractivity contribution in [3.05, 3.63) is 0 Å². The molecule has 1 heterocycles. The van der Waals surface area contributed by atoms with Gasteiger partial charge in [0.1, 0.15) is 0 Å². The van der Waals surface area contributed by atoms with Crippen molar-refractivity contribution in [2.24, 2.45) is 0 Å². The Labute approximate surface area is 74.6 Å². The van der Waals surface area contributed by atoms with Crippen LogP contribution in [-0.4, -0.2) is 51.0 Å². The van der Waals surface area contributed by atoms with E-state index in [4.69, 9.17) is 9.47 Å². The highest BCUT2D eigenvalue weighted by molar-refractivity contribution is 4.69. The lowest BCUT2D eigenvalue weighted by Gasteiger charge is -2.32. The molecule has 1 atom stereocenters. The van der Waals surface area contributed by atoms with Gasteiger partial charge in [-0.25, -0.2) is 0 Å². The minimum absolute atomic E-state index is 0.440. The largest absolute Gasteiger partial charge is 0.383 e. The van der Waals surface area contributed by atoms with Crippen LogP contribution >= 0.6 is 0 Å². The Bertz CT molecular complexity index is 119. The fourth-order valence-electron chi connectivity index (χ4n) is 1.45.